The lowest BCUT2D eigenvalue weighted by atomic mass is 10.1. The summed E-state index contributed by atoms with van der Waals surface area (Å²) in [5.41, 5.74) is 1.40. The van der Waals surface area contributed by atoms with E-state index in [-0.39, 0.29) is 11.3 Å². The number of anilines is 1. The summed E-state index contributed by atoms with van der Waals surface area (Å²) in [6.45, 7) is 2.44. The van der Waals surface area contributed by atoms with Crippen molar-refractivity contribution in [1.82, 2.24) is 4.72 Å². The van der Waals surface area contributed by atoms with Crippen LogP contribution < -0.4 is 14.8 Å². The van der Waals surface area contributed by atoms with Gasteiger partial charge in [0.2, 0.25) is 15.9 Å². The molecule has 3 rings (SSSR count). The molecule has 0 saturated carbocycles. The van der Waals surface area contributed by atoms with Crippen LogP contribution in [0.25, 0.3) is 0 Å². The van der Waals surface area contributed by atoms with Gasteiger partial charge in [0.05, 0.1) is 11.5 Å². The van der Waals surface area contributed by atoms with Gasteiger partial charge in [-0.3, -0.25) is 4.79 Å². The number of carbonyl (C=O) groups excluding carboxylic acids is 1. The second kappa shape index (κ2) is 10.7. The maximum absolute atomic E-state index is 13.0. The lowest BCUT2D eigenvalue weighted by Crippen LogP contribution is -2.45. The van der Waals surface area contributed by atoms with Gasteiger partial charge in [0.25, 0.3) is 0 Å². The van der Waals surface area contributed by atoms with Crippen LogP contribution in [0, 0.1) is 3.57 Å². The number of sulfonamides is 1. The fourth-order valence-electron chi connectivity index (χ4n) is 2.94. The van der Waals surface area contributed by atoms with Crippen LogP contribution in [0.15, 0.2) is 83.8 Å². The van der Waals surface area contributed by atoms with Gasteiger partial charge < -0.3 is 10.1 Å². The molecule has 0 bridgehead atoms. The van der Waals surface area contributed by atoms with E-state index in [4.69, 9.17) is 4.74 Å². The second-order valence-electron chi connectivity index (χ2n) is 6.76. The summed E-state index contributed by atoms with van der Waals surface area (Å²) in [5.74, 6) is 0.253. The molecule has 0 aliphatic rings. The molecule has 162 valence electrons. The molecule has 31 heavy (non-hydrogen) atoms. The fraction of sp³-hybridized carbons (Fsp3) is 0.174. The van der Waals surface area contributed by atoms with Gasteiger partial charge >= 0.3 is 0 Å². The molecule has 0 radical (unpaired) electrons. The minimum Gasteiger partial charge on any atom is -0.494 e. The van der Waals surface area contributed by atoms with E-state index in [2.05, 4.69) is 32.6 Å². The summed E-state index contributed by atoms with van der Waals surface area (Å²) >= 11 is 2.11. The van der Waals surface area contributed by atoms with Crippen molar-refractivity contribution in [2.24, 2.45) is 0 Å². The van der Waals surface area contributed by atoms with E-state index in [0.29, 0.717) is 18.0 Å². The van der Waals surface area contributed by atoms with Gasteiger partial charge in [-0.25, -0.2) is 8.42 Å². The Morgan fingerprint density at radius 2 is 1.61 bits per heavy atom. The lowest BCUT2D eigenvalue weighted by molar-refractivity contribution is -0.117. The number of halogens is 1. The predicted molar refractivity (Wildman–Crippen MR) is 130 cm³/mol. The van der Waals surface area contributed by atoms with Gasteiger partial charge in [-0.1, -0.05) is 30.3 Å². The van der Waals surface area contributed by atoms with Gasteiger partial charge in [0, 0.05) is 9.26 Å². The Morgan fingerprint density at radius 1 is 0.968 bits per heavy atom. The summed E-state index contributed by atoms with van der Waals surface area (Å²) in [6, 6.07) is 21.7. The van der Waals surface area contributed by atoms with Crippen LogP contribution in [0.4, 0.5) is 5.69 Å². The number of rotatable bonds is 9. The molecule has 0 saturated heterocycles. The van der Waals surface area contributed by atoms with Gasteiger partial charge in [-0.05, 0) is 90.0 Å². The third-order valence-electron chi connectivity index (χ3n) is 4.45. The maximum Gasteiger partial charge on any atom is 0.242 e. The molecular formula is C23H23IN2O4S. The molecule has 3 aromatic carbocycles. The molecule has 8 heteroatoms. The third kappa shape index (κ3) is 6.78. The van der Waals surface area contributed by atoms with Crippen molar-refractivity contribution in [3.05, 3.63) is 88.0 Å². The summed E-state index contributed by atoms with van der Waals surface area (Å²) < 4.78 is 34.7. The first-order chi connectivity index (χ1) is 14.9. The smallest absolute Gasteiger partial charge is 0.242 e. The van der Waals surface area contributed by atoms with Crippen molar-refractivity contribution in [1.29, 1.82) is 0 Å². The van der Waals surface area contributed by atoms with Crippen molar-refractivity contribution >= 4 is 44.2 Å². The normalized spacial score (nSPS) is 12.2. The van der Waals surface area contributed by atoms with E-state index in [1.54, 1.807) is 36.4 Å². The Labute approximate surface area is 196 Å². The molecule has 6 nitrogen and oxygen atoms in total. The molecule has 0 aliphatic heterocycles. The quantitative estimate of drug-likeness (QED) is 0.391. The molecule has 3 aromatic rings. The van der Waals surface area contributed by atoms with Crippen molar-refractivity contribution in [3.63, 3.8) is 0 Å². The van der Waals surface area contributed by atoms with E-state index < -0.39 is 22.0 Å². The monoisotopic (exact) mass is 550 g/mol. The zero-order valence-electron chi connectivity index (χ0n) is 16.9. The molecule has 2 N–H and O–H groups in total. The van der Waals surface area contributed by atoms with Crippen molar-refractivity contribution in [3.8, 4) is 5.75 Å². The highest BCUT2D eigenvalue weighted by atomic mass is 127. The van der Waals surface area contributed by atoms with Crippen molar-refractivity contribution < 1.29 is 17.9 Å². The van der Waals surface area contributed by atoms with Crippen molar-refractivity contribution in [2.45, 2.75) is 24.3 Å². The van der Waals surface area contributed by atoms with Crippen LogP contribution in [0.2, 0.25) is 0 Å². The number of ether oxygens (including phenoxy) is 1. The fourth-order valence-corrected chi connectivity index (χ4v) is 4.49. The Kier molecular flexibility index (Phi) is 8.05. The van der Waals surface area contributed by atoms with Gasteiger partial charge in [0.15, 0.2) is 0 Å². The zero-order chi connectivity index (χ0) is 22.3. The maximum atomic E-state index is 13.0. The van der Waals surface area contributed by atoms with Gasteiger partial charge in [-0.2, -0.15) is 4.72 Å². The Morgan fingerprint density at radius 3 is 2.23 bits per heavy atom. The SMILES string of the molecule is CCOc1ccc(NC(=O)[C@@H](Cc2ccccc2)NS(=O)(=O)c2ccc(I)cc2)cc1. The lowest BCUT2D eigenvalue weighted by Gasteiger charge is -2.19. The van der Waals surface area contributed by atoms with Crippen LogP contribution in [0.1, 0.15) is 12.5 Å². The average molecular weight is 550 g/mol. The zero-order valence-corrected chi connectivity index (χ0v) is 19.9. The molecule has 0 fully saturated rings. The number of carbonyl (C=O) groups is 1. The molecule has 0 aliphatic carbocycles. The third-order valence-corrected chi connectivity index (χ3v) is 6.66. The first kappa shape index (κ1) is 23.2. The Bertz CT molecular complexity index is 1100. The highest BCUT2D eigenvalue weighted by Crippen LogP contribution is 2.18. The first-order valence-electron chi connectivity index (χ1n) is 9.73. The average Bonchev–Trinajstić information content (AvgIpc) is 2.76. The number of amides is 1. The predicted octanol–water partition coefficient (Wildman–Crippen LogP) is 4.22. The van der Waals surface area contributed by atoms with E-state index in [1.807, 2.05) is 37.3 Å². The summed E-state index contributed by atoms with van der Waals surface area (Å²) in [5, 5.41) is 2.79. The van der Waals surface area contributed by atoms with Crippen molar-refractivity contribution in [2.75, 3.05) is 11.9 Å². The molecule has 0 aromatic heterocycles. The largest absolute Gasteiger partial charge is 0.494 e. The van der Waals surface area contributed by atoms with Crippen LogP contribution in [0.3, 0.4) is 0 Å². The summed E-state index contributed by atoms with van der Waals surface area (Å²) in [7, 11) is -3.88. The number of benzene rings is 3. The summed E-state index contributed by atoms with van der Waals surface area (Å²) in [4.78, 5) is 13.1. The van der Waals surface area contributed by atoms with Gasteiger partial charge in [-0.15, -0.1) is 0 Å². The van der Waals surface area contributed by atoms with Crippen LogP contribution in [0.5, 0.6) is 5.75 Å². The molecular weight excluding hydrogens is 527 g/mol. The Balaban J connectivity index is 1.81. The molecule has 0 spiro atoms. The number of nitrogens with one attached hydrogen (secondary N) is 2. The molecule has 1 atom stereocenters. The highest BCUT2D eigenvalue weighted by molar-refractivity contribution is 14.1. The molecule has 1 amide bonds. The Hall–Kier alpha value is -2.43. The summed E-state index contributed by atoms with van der Waals surface area (Å²) in [6.07, 6.45) is 0.216. The molecule has 0 unspecified atom stereocenters. The van der Waals surface area contributed by atoms with E-state index >= 15 is 0 Å². The second-order valence-corrected chi connectivity index (χ2v) is 9.72. The van der Waals surface area contributed by atoms with E-state index in [9.17, 15) is 13.2 Å². The first-order valence-corrected chi connectivity index (χ1v) is 12.3. The van der Waals surface area contributed by atoms with Crippen LogP contribution >= 0.6 is 22.6 Å². The van der Waals surface area contributed by atoms with E-state index in [0.717, 1.165) is 9.13 Å². The van der Waals surface area contributed by atoms with Crippen LogP contribution in [-0.2, 0) is 21.2 Å². The highest BCUT2D eigenvalue weighted by Gasteiger charge is 2.26. The topological polar surface area (TPSA) is 84.5 Å². The number of hydrogen-bond acceptors (Lipinski definition) is 4. The van der Waals surface area contributed by atoms with E-state index in [1.165, 1.54) is 12.1 Å². The van der Waals surface area contributed by atoms with Gasteiger partial charge in [0.1, 0.15) is 11.8 Å². The standard InChI is InChI=1S/C23H23IN2O4S/c1-2-30-20-12-10-19(11-13-20)25-23(27)22(16-17-6-4-3-5-7-17)26-31(28,29)21-14-8-18(24)9-15-21/h3-15,22,26H,2,16H2,1H3,(H,25,27)/t22-/m1/s1. The molecule has 0 heterocycles. The van der Waals surface area contributed by atoms with Crippen LogP contribution in [-0.4, -0.2) is 27.0 Å². The number of hydrogen-bond donors (Lipinski definition) is 2. The minimum absolute atomic E-state index is 0.111. The minimum atomic E-state index is -3.88.